The topological polar surface area (TPSA) is 95.1 Å². The van der Waals surface area contributed by atoms with Gasteiger partial charge in [0.15, 0.2) is 0 Å². The summed E-state index contributed by atoms with van der Waals surface area (Å²) in [5.74, 6) is 0.510. The molecule has 0 aliphatic rings. The van der Waals surface area contributed by atoms with E-state index in [9.17, 15) is 4.79 Å². The summed E-state index contributed by atoms with van der Waals surface area (Å²) in [5, 5.41) is 14.8. The summed E-state index contributed by atoms with van der Waals surface area (Å²) >= 11 is 7.16. The molecule has 9 heteroatoms. The molecule has 0 bridgehead atoms. The number of nitrogens with one attached hydrogen (secondary N) is 3. The number of thioether (sulfide) groups is 1. The summed E-state index contributed by atoms with van der Waals surface area (Å²) in [6.07, 6.45) is 1.68. The number of benzene rings is 2. The number of carbonyl (C=O) groups excluding carboxylic acids is 1. The van der Waals surface area contributed by atoms with Crippen LogP contribution >= 0.6 is 23.4 Å². The molecule has 0 aliphatic heterocycles. The first kappa shape index (κ1) is 18.9. The first-order valence-corrected chi connectivity index (χ1v) is 9.46. The monoisotopic (exact) mass is 400 g/mol. The number of nitrogens with zero attached hydrogens (tertiary/aromatic N) is 3. The Labute approximate surface area is 165 Å². The molecule has 0 atom stereocenters. The van der Waals surface area contributed by atoms with Crippen LogP contribution in [0.3, 0.4) is 0 Å². The van der Waals surface area contributed by atoms with Crippen molar-refractivity contribution in [2.24, 2.45) is 5.10 Å². The largest absolute Gasteiger partial charge is 0.351 e. The summed E-state index contributed by atoms with van der Waals surface area (Å²) in [6, 6.07) is 17.0. The minimum absolute atomic E-state index is 0.110. The van der Waals surface area contributed by atoms with Gasteiger partial charge in [0, 0.05) is 11.6 Å². The molecule has 0 spiro atoms. The molecule has 0 aliphatic carbocycles. The van der Waals surface area contributed by atoms with Crippen LogP contribution in [0.2, 0.25) is 5.02 Å². The number of rotatable bonds is 8. The summed E-state index contributed by atoms with van der Waals surface area (Å²) in [4.78, 5) is 16.2. The Morgan fingerprint density at radius 1 is 1.22 bits per heavy atom. The van der Waals surface area contributed by atoms with Crippen molar-refractivity contribution < 1.29 is 4.79 Å². The molecule has 1 aromatic heterocycles. The molecule has 7 nitrogen and oxygen atoms in total. The lowest BCUT2D eigenvalue weighted by Gasteiger charge is -2.04. The molecule has 3 N–H and O–H groups in total. The number of hydrogen-bond acceptors (Lipinski definition) is 6. The fourth-order valence-electron chi connectivity index (χ4n) is 2.10. The van der Waals surface area contributed by atoms with Crippen LogP contribution in [-0.2, 0) is 11.3 Å². The van der Waals surface area contributed by atoms with Gasteiger partial charge in [-0.25, -0.2) is 10.5 Å². The lowest BCUT2D eigenvalue weighted by Crippen LogP contribution is -2.24. The molecule has 0 saturated carbocycles. The number of aromatic amines is 1. The Morgan fingerprint density at radius 2 is 2.07 bits per heavy atom. The van der Waals surface area contributed by atoms with Gasteiger partial charge >= 0.3 is 0 Å². The van der Waals surface area contributed by atoms with Gasteiger partial charge in [-0.05, 0) is 23.3 Å². The van der Waals surface area contributed by atoms with Crippen LogP contribution in [0, 0.1) is 0 Å². The fourth-order valence-corrected chi connectivity index (χ4v) is 2.94. The maximum atomic E-state index is 11.9. The van der Waals surface area contributed by atoms with Crippen molar-refractivity contribution >= 4 is 41.4 Å². The van der Waals surface area contributed by atoms with Gasteiger partial charge in [-0.15, -0.1) is 5.10 Å². The average molecular weight is 401 g/mol. The first-order chi connectivity index (χ1) is 13.2. The smallest absolute Gasteiger partial charge is 0.240 e. The Hall–Kier alpha value is -2.84. The molecule has 1 amide bonds. The summed E-state index contributed by atoms with van der Waals surface area (Å²) in [7, 11) is 0. The third-order valence-electron chi connectivity index (χ3n) is 3.36. The molecule has 0 unspecified atom stereocenters. The van der Waals surface area contributed by atoms with Crippen molar-refractivity contribution in [1.29, 1.82) is 0 Å². The second kappa shape index (κ2) is 9.75. The molecule has 0 fully saturated rings. The number of anilines is 1. The van der Waals surface area contributed by atoms with Crippen molar-refractivity contribution in [3.05, 3.63) is 70.7 Å². The van der Waals surface area contributed by atoms with Gasteiger partial charge in [0.2, 0.25) is 17.0 Å². The van der Waals surface area contributed by atoms with Crippen molar-refractivity contribution in [3.8, 4) is 0 Å². The quantitative estimate of drug-likeness (QED) is 0.306. The molecule has 1 heterocycles. The highest BCUT2D eigenvalue weighted by atomic mass is 35.5. The summed E-state index contributed by atoms with van der Waals surface area (Å²) in [6.45, 7) is 0.426. The van der Waals surface area contributed by atoms with Crippen LogP contribution in [0.25, 0.3) is 0 Å². The Bertz CT molecular complexity index is 915. The number of hydrazone groups is 1. The average Bonchev–Trinajstić information content (AvgIpc) is 3.13. The van der Waals surface area contributed by atoms with Gasteiger partial charge in [-0.1, -0.05) is 65.8 Å². The maximum Gasteiger partial charge on any atom is 0.240 e. The molecule has 138 valence electrons. The van der Waals surface area contributed by atoms with E-state index in [0.29, 0.717) is 22.7 Å². The molecule has 3 aromatic rings. The van der Waals surface area contributed by atoms with E-state index >= 15 is 0 Å². The minimum atomic E-state index is -0.110. The Balaban J connectivity index is 1.41. The zero-order valence-corrected chi connectivity index (χ0v) is 15.8. The summed E-state index contributed by atoms with van der Waals surface area (Å²) < 4.78 is 0. The van der Waals surface area contributed by atoms with E-state index in [4.69, 9.17) is 11.6 Å². The van der Waals surface area contributed by atoms with Gasteiger partial charge in [0.1, 0.15) is 0 Å². The van der Waals surface area contributed by atoms with Crippen LogP contribution in [0.5, 0.6) is 0 Å². The van der Waals surface area contributed by atoms with Crippen LogP contribution in [0.4, 0.5) is 5.95 Å². The number of H-pyrrole nitrogens is 1. The molecular formula is C18H17ClN6OS. The zero-order valence-electron chi connectivity index (χ0n) is 14.2. The highest BCUT2D eigenvalue weighted by Crippen LogP contribution is 2.14. The zero-order chi connectivity index (χ0) is 18.9. The molecule has 0 radical (unpaired) electrons. The van der Waals surface area contributed by atoms with E-state index in [1.54, 1.807) is 12.3 Å². The van der Waals surface area contributed by atoms with Gasteiger partial charge in [-0.3, -0.25) is 4.79 Å². The van der Waals surface area contributed by atoms with E-state index in [2.05, 4.69) is 31.0 Å². The minimum Gasteiger partial charge on any atom is -0.351 e. The number of aromatic nitrogens is 3. The first-order valence-electron chi connectivity index (χ1n) is 8.09. The second-order valence-corrected chi connectivity index (χ2v) is 6.82. The fraction of sp³-hybridized carbons (Fsp3) is 0.111. The van der Waals surface area contributed by atoms with Gasteiger partial charge in [0.25, 0.3) is 0 Å². The van der Waals surface area contributed by atoms with Crippen molar-refractivity contribution in [2.75, 3.05) is 11.2 Å². The van der Waals surface area contributed by atoms with Gasteiger partial charge < -0.3 is 5.32 Å². The third kappa shape index (κ3) is 6.43. The Morgan fingerprint density at radius 3 is 2.89 bits per heavy atom. The van der Waals surface area contributed by atoms with Crippen molar-refractivity contribution in [3.63, 3.8) is 0 Å². The van der Waals surface area contributed by atoms with Crippen LogP contribution < -0.4 is 10.7 Å². The standard InChI is InChI=1S/C18H17ClN6OS/c19-15-8-4-7-14(9-15)10-20-16(26)12-27-18-22-17(24-25-18)23-21-11-13-5-2-1-3-6-13/h1-9,11H,10,12H2,(H,20,26)(H2,22,23,24,25)/b21-11-. The molecular weight excluding hydrogens is 384 g/mol. The van der Waals surface area contributed by atoms with Crippen LogP contribution in [0.1, 0.15) is 11.1 Å². The number of halogens is 1. The van der Waals surface area contributed by atoms with E-state index in [0.717, 1.165) is 11.1 Å². The van der Waals surface area contributed by atoms with E-state index in [-0.39, 0.29) is 11.7 Å². The predicted octanol–water partition coefficient (Wildman–Crippen LogP) is 3.31. The van der Waals surface area contributed by atoms with Crippen LogP contribution in [-0.4, -0.2) is 33.1 Å². The number of amides is 1. The van der Waals surface area contributed by atoms with E-state index in [1.165, 1.54) is 11.8 Å². The van der Waals surface area contributed by atoms with Crippen molar-refractivity contribution in [1.82, 2.24) is 20.5 Å². The number of carbonyl (C=O) groups is 1. The van der Waals surface area contributed by atoms with Gasteiger partial charge in [-0.2, -0.15) is 10.1 Å². The lowest BCUT2D eigenvalue weighted by atomic mass is 10.2. The highest BCUT2D eigenvalue weighted by Gasteiger charge is 2.07. The molecule has 27 heavy (non-hydrogen) atoms. The van der Waals surface area contributed by atoms with E-state index < -0.39 is 0 Å². The SMILES string of the molecule is O=C(CSc1n[nH]c(N/N=C\c2ccccc2)n1)NCc1cccc(Cl)c1. The number of hydrogen-bond donors (Lipinski definition) is 3. The molecule has 0 saturated heterocycles. The van der Waals surface area contributed by atoms with Crippen molar-refractivity contribution in [2.45, 2.75) is 11.7 Å². The third-order valence-corrected chi connectivity index (χ3v) is 4.44. The summed E-state index contributed by atoms with van der Waals surface area (Å²) in [5.41, 5.74) is 4.68. The molecule has 2 aromatic carbocycles. The van der Waals surface area contributed by atoms with E-state index in [1.807, 2.05) is 48.5 Å². The second-order valence-electron chi connectivity index (χ2n) is 5.44. The highest BCUT2D eigenvalue weighted by molar-refractivity contribution is 7.99. The lowest BCUT2D eigenvalue weighted by molar-refractivity contribution is -0.118. The maximum absolute atomic E-state index is 11.9. The Kier molecular flexibility index (Phi) is 6.84. The molecule has 3 rings (SSSR count). The normalized spacial score (nSPS) is 10.9. The van der Waals surface area contributed by atoms with Crippen LogP contribution in [0.15, 0.2) is 64.9 Å². The predicted molar refractivity (Wildman–Crippen MR) is 108 cm³/mol. The van der Waals surface area contributed by atoms with Gasteiger partial charge in [0.05, 0.1) is 12.0 Å².